The van der Waals surface area contributed by atoms with E-state index in [-0.39, 0.29) is 5.02 Å². The summed E-state index contributed by atoms with van der Waals surface area (Å²) >= 11 is 5.89. The van der Waals surface area contributed by atoms with Gasteiger partial charge < -0.3 is 14.6 Å². The van der Waals surface area contributed by atoms with E-state index in [1.54, 1.807) is 12.1 Å². The molecule has 0 spiro atoms. The molecule has 0 atom stereocenters. The summed E-state index contributed by atoms with van der Waals surface area (Å²) in [6.45, 7) is 3.68. The second kappa shape index (κ2) is 8.47. The Balaban J connectivity index is 1.28. The highest BCUT2D eigenvalue weighted by molar-refractivity contribution is 6.30. The summed E-state index contributed by atoms with van der Waals surface area (Å²) in [7, 11) is 0. The van der Waals surface area contributed by atoms with E-state index < -0.39 is 11.4 Å². The molecule has 152 valence electrons. The van der Waals surface area contributed by atoms with Gasteiger partial charge in [-0.1, -0.05) is 24.1 Å². The van der Waals surface area contributed by atoms with Gasteiger partial charge in [-0.2, -0.15) is 0 Å². The molecule has 0 bridgehead atoms. The zero-order chi connectivity index (χ0) is 19.6. The van der Waals surface area contributed by atoms with Gasteiger partial charge in [0.05, 0.1) is 10.6 Å². The van der Waals surface area contributed by atoms with Gasteiger partial charge >= 0.3 is 0 Å². The van der Waals surface area contributed by atoms with Crippen LogP contribution < -0.4 is 0 Å². The fourth-order valence-electron chi connectivity index (χ4n) is 4.41. The van der Waals surface area contributed by atoms with Crippen LogP contribution >= 0.6 is 11.6 Å². The molecule has 7 heteroatoms. The minimum Gasteiger partial charge on any atom is -0.385 e. The Morgan fingerprint density at radius 2 is 1.93 bits per heavy atom. The lowest BCUT2D eigenvalue weighted by molar-refractivity contribution is -0.0260. The summed E-state index contributed by atoms with van der Waals surface area (Å²) in [5.41, 5.74) is -0.206. The Morgan fingerprint density at radius 3 is 2.71 bits per heavy atom. The number of aryl methyl sites for hydroxylation is 2. The Kier molecular flexibility index (Phi) is 5.99. The molecule has 0 amide bonds. The molecule has 0 unspecified atom stereocenters. The Hall–Kier alpha value is -1.50. The van der Waals surface area contributed by atoms with Crippen LogP contribution in [0.25, 0.3) is 0 Å². The highest BCUT2D eigenvalue weighted by atomic mass is 35.5. The molecule has 28 heavy (non-hydrogen) atoms. The van der Waals surface area contributed by atoms with Crippen LogP contribution in [-0.2, 0) is 25.0 Å². The number of aliphatic hydroxyl groups is 1. The normalized spacial score (nSPS) is 20.0. The molecule has 1 fully saturated rings. The van der Waals surface area contributed by atoms with Gasteiger partial charge in [-0.15, -0.1) is 10.2 Å². The number of aromatic nitrogens is 3. The molecule has 1 saturated heterocycles. The molecule has 3 heterocycles. The number of halogens is 2. The van der Waals surface area contributed by atoms with Crippen LogP contribution in [0.5, 0.6) is 0 Å². The topological polar surface area (TPSA) is 54.2 Å². The number of fused-ring (bicyclic) bond motifs is 1. The van der Waals surface area contributed by atoms with Crippen molar-refractivity contribution in [2.45, 2.75) is 63.5 Å². The maximum Gasteiger partial charge on any atom is 0.141 e. The lowest BCUT2D eigenvalue weighted by Gasteiger charge is -2.38. The molecule has 1 N–H and O–H groups in total. The largest absolute Gasteiger partial charge is 0.385 e. The zero-order valence-corrected chi connectivity index (χ0v) is 17.0. The van der Waals surface area contributed by atoms with Crippen molar-refractivity contribution in [1.29, 1.82) is 0 Å². The minimum absolute atomic E-state index is 0.0702. The first-order chi connectivity index (χ1) is 13.5. The van der Waals surface area contributed by atoms with Gasteiger partial charge in [0.15, 0.2) is 0 Å². The van der Waals surface area contributed by atoms with Gasteiger partial charge in [0.1, 0.15) is 17.5 Å². The minimum atomic E-state index is -0.918. The first-order valence-electron chi connectivity index (χ1n) is 10.4. The summed E-state index contributed by atoms with van der Waals surface area (Å²) in [6, 6.07) is 4.54. The number of likely N-dealkylation sites (tertiary alicyclic amines) is 1. The molecule has 1 aromatic carbocycles. The van der Waals surface area contributed by atoms with Crippen LogP contribution in [0.15, 0.2) is 18.2 Å². The molecule has 0 saturated carbocycles. The second-order valence-electron chi connectivity index (χ2n) is 8.10. The maximum atomic E-state index is 13.4. The smallest absolute Gasteiger partial charge is 0.141 e. The number of nitrogens with zero attached hydrogens (tertiary/aromatic N) is 4. The van der Waals surface area contributed by atoms with Crippen molar-refractivity contribution in [3.8, 4) is 0 Å². The quantitative estimate of drug-likeness (QED) is 0.822. The fraction of sp³-hybridized carbons (Fsp3) is 0.619. The molecule has 2 aromatic rings. The number of benzene rings is 1. The molecule has 4 rings (SSSR count). The lowest BCUT2D eigenvalue weighted by atomic mass is 9.84. The molecule has 0 radical (unpaired) electrons. The summed E-state index contributed by atoms with van der Waals surface area (Å²) < 4.78 is 15.7. The predicted molar refractivity (Wildman–Crippen MR) is 107 cm³/mol. The first kappa shape index (κ1) is 19.8. The van der Waals surface area contributed by atoms with E-state index in [2.05, 4.69) is 19.7 Å². The monoisotopic (exact) mass is 406 g/mol. The van der Waals surface area contributed by atoms with Gasteiger partial charge in [-0.25, -0.2) is 4.39 Å². The first-order valence-corrected chi connectivity index (χ1v) is 10.7. The second-order valence-corrected chi connectivity index (χ2v) is 8.51. The van der Waals surface area contributed by atoms with Gasteiger partial charge in [0.25, 0.3) is 0 Å². The van der Waals surface area contributed by atoms with E-state index in [9.17, 15) is 9.50 Å². The molecular formula is C21H28ClFN4O. The highest BCUT2D eigenvalue weighted by Gasteiger charge is 2.34. The maximum absolute atomic E-state index is 13.4. The third kappa shape index (κ3) is 4.24. The SMILES string of the molecule is OC1(c2ccc(F)c(Cl)c2)CCN(CCCc2nnc3n2CCCCC3)CC1. The fourth-order valence-corrected chi connectivity index (χ4v) is 4.59. The Morgan fingerprint density at radius 1 is 1.11 bits per heavy atom. The summed E-state index contributed by atoms with van der Waals surface area (Å²) in [6.07, 6.45) is 8.01. The third-order valence-corrected chi connectivity index (χ3v) is 6.49. The molecule has 2 aliphatic rings. The number of piperidine rings is 1. The van der Waals surface area contributed by atoms with Crippen LogP contribution in [0.1, 0.15) is 55.7 Å². The van der Waals surface area contributed by atoms with Gasteiger partial charge in [-0.3, -0.25) is 0 Å². The van der Waals surface area contributed by atoms with E-state index in [0.29, 0.717) is 18.4 Å². The van der Waals surface area contributed by atoms with Crippen molar-refractivity contribution in [3.63, 3.8) is 0 Å². The van der Waals surface area contributed by atoms with E-state index >= 15 is 0 Å². The molecule has 2 aliphatic heterocycles. The van der Waals surface area contributed by atoms with Crippen molar-refractivity contribution >= 4 is 11.6 Å². The number of hydrogen-bond acceptors (Lipinski definition) is 4. The molecule has 1 aromatic heterocycles. The van der Waals surface area contributed by atoms with Crippen molar-refractivity contribution in [1.82, 2.24) is 19.7 Å². The third-order valence-electron chi connectivity index (χ3n) is 6.20. The van der Waals surface area contributed by atoms with E-state index in [0.717, 1.165) is 57.1 Å². The number of hydrogen-bond donors (Lipinski definition) is 1. The Labute approximate surface area is 170 Å². The highest BCUT2D eigenvalue weighted by Crippen LogP contribution is 2.34. The predicted octanol–water partition coefficient (Wildman–Crippen LogP) is 3.71. The number of rotatable bonds is 5. The Bertz CT molecular complexity index is 817. The van der Waals surface area contributed by atoms with Gasteiger partial charge in [-0.05, 0) is 56.3 Å². The summed E-state index contributed by atoms with van der Waals surface area (Å²) in [4.78, 5) is 2.39. The summed E-state index contributed by atoms with van der Waals surface area (Å²) in [5.74, 6) is 1.82. The van der Waals surface area contributed by atoms with Crippen LogP contribution in [0.4, 0.5) is 4.39 Å². The van der Waals surface area contributed by atoms with E-state index in [4.69, 9.17) is 11.6 Å². The molecule has 0 aliphatic carbocycles. The zero-order valence-electron chi connectivity index (χ0n) is 16.2. The van der Waals surface area contributed by atoms with Crippen molar-refractivity contribution in [2.24, 2.45) is 0 Å². The van der Waals surface area contributed by atoms with Gasteiger partial charge in [0, 0.05) is 32.5 Å². The molecule has 5 nitrogen and oxygen atoms in total. The average Bonchev–Trinajstić information content (AvgIpc) is 2.92. The van der Waals surface area contributed by atoms with Crippen molar-refractivity contribution in [3.05, 3.63) is 46.3 Å². The van der Waals surface area contributed by atoms with Crippen LogP contribution in [0.2, 0.25) is 5.02 Å². The standard InChI is InChI=1S/C21H28ClFN4O/c22-17-15-16(7-8-18(17)23)21(28)9-13-26(14-10-21)11-4-6-20-25-24-19-5-2-1-3-12-27(19)20/h7-8,15,28H,1-6,9-14H2. The van der Waals surface area contributed by atoms with Crippen molar-refractivity contribution < 1.29 is 9.50 Å². The van der Waals surface area contributed by atoms with Crippen LogP contribution in [0.3, 0.4) is 0 Å². The van der Waals surface area contributed by atoms with E-state index in [1.807, 2.05) is 0 Å². The van der Waals surface area contributed by atoms with E-state index in [1.165, 1.54) is 25.3 Å². The van der Waals surface area contributed by atoms with Gasteiger partial charge in [0.2, 0.25) is 0 Å². The van der Waals surface area contributed by atoms with Crippen LogP contribution in [-0.4, -0.2) is 44.4 Å². The average molecular weight is 407 g/mol. The lowest BCUT2D eigenvalue weighted by Crippen LogP contribution is -2.43. The van der Waals surface area contributed by atoms with Crippen molar-refractivity contribution in [2.75, 3.05) is 19.6 Å². The molecular weight excluding hydrogens is 379 g/mol. The van der Waals surface area contributed by atoms with Crippen LogP contribution in [0, 0.1) is 5.82 Å². The summed E-state index contributed by atoms with van der Waals surface area (Å²) in [5, 5.41) is 19.8.